The molecule has 6 heteroatoms. The summed E-state index contributed by atoms with van der Waals surface area (Å²) in [4.78, 5) is 18.7. The SMILES string of the molecule is O=C(COCc1ccccc1)NCc1cccnc1N1CCOCC1. The monoisotopic (exact) mass is 341 g/mol. The van der Waals surface area contributed by atoms with Gasteiger partial charge >= 0.3 is 0 Å². The molecule has 1 N–H and O–H groups in total. The van der Waals surface area contributed by atoms with Crippen LogP contribution in [0.15, 0.2) is 48.7 Å². The number of carbonyl (C=O) groups is 1. The number of nitrogens with zero attached hydrogens (tertiary/aromatic N) is 2. The molecule has 1 amide bonds. The van der Waals surface area contributed by atoms with Crippen molar-refractivity contribution in [3.05, 3.63) is 59.8 Å². The molecule has 25 heavy (non-hydrogen) atoms. The van der Waals surface area contributed by atoms with E-state index in [1.54, 1.807) is 6.20 Å². The molecule has 1 fully saturated rings. The van der Waals surface area contributed by atoms with Gasteiger partial charge in [0.1, 0.15) is 12.4 Å². The van der Waals surface area contributed by atoms with Gasteiger partial charge in [-0.3, -0.25) is 4.79 Å². The first-order valence-corrected chi connectivity index (χ1v) is 8.48. The number of carbonyl (C=O) groups excluding carboxylic acids is 1. The van der Waals surface area contributed by atoms with Gasteiger partial charge in [-0.25, -0.2) is 4.98 Å². The minimum absolute atomic E-state index is 0.0437. The average Bonchev–Trinajstić information content (AvgIpc) is 2.68. The molecule has 0 spiro atoms. The molecule has 0 aliphatic carbocycles. The van der Waals surface area contributed by atoms with Gasteiger partial charge < -0.3 is 19.7 Å². The fourth-order valence-electron chi connectivity index (χ4n) is 2.71. The Morgan fingerprint density at radius 2 is 1.96 bits per heavy atom. The molecular weight excluding hydrogens is 318 g/mol. The summed E-state index contributed by atoms with van der Waals surface area (Å²) in [5.74, 6) is 0.781. The fourth-order valence-corrected chi connectivity index (χ4v) is 2.71. The maximum atomic E-state index is 12.0. The van der Waals surface area contributed by atoms with Crippen molar-refractivity contribution < 1.29 is 14.3 Å². The lowest BCUT2D eigenvalue weighted by Gasteiger charge is -2.29. The van der Waals surface area contributed by atoms with Crippen molar-refractivity contribution in [2.75, 3.05) is 37.8 Å². The van der Waals surface area contributed by atoms with Crippen molar-refractivity contribution in [1.29, 1.82) is 0 Å². The van der Waals surface area contributed by atoms with E-state index < -0.39 is 0 Å². The van der Waals surface area contributed by atoms with Gasteiger partial charge in [-0.1, -0.05) is 36.4 Å². The highest BCUT2D eigenvalue weighted by Crippen LogP contribution is 2.18. The molecule has 2 heterocycles. The van der Waals surface area contributed by atoms with Gasteiger partial charge in [0.25, 0.3) is 0 Å². The van der Waals surface area contributed by atoms with Crippen LogP contribution in [0.4, 0.5) is 5.82 Å². The smallest absolute Gasteiger partial charge is 0.246 e. The van der Waals surface area contributed by atoms with E-state index in [0.717, 1.165) is 30.0 Å². The normalized spacial score (nSPS) is 14.3. The zero-order chi connectivity index (χ0) is 17.3. The first kappa shape index (κ1) is 17.4. The third-order valence-corrected chi connectivity index (χ3v) is 4.00. The van der Waals surface area contributed by atoms with Crippen LogP contribution in [0.3, 0.4) is 0 Å². The number of amides is 1. The topological polar surface area (TPSA) is 63.7 Å². The van der Waals surface area contributed by atoms with E-state index in [1.165, 1.54) is 0 Å². The molecular formula is C19H23N3O3. The predicted molar refractivity (Wildman–Crippen MR) is 95.2 cm³/mol. The maximum Gasteiger partial charge on any atom is 0.246 e. The molecule has 0 atom stereocenters. The number of rotatable bonds is 7. The number of benzene rings is 1. The summed E-state index contributed by atoms with van der Waals surface area (Å²) in [5.41, 5.74) is 2.05. The van der Waals surface area contributed by atoms with Crippen LogP contribution in [0.2, 0.25) is 0 Å². The van der Waals surface area contributed by atoms with Gasteiger partial charge in [0.15, 0.2) is 0 Å². The molecule has 1 aromatic carbocycles. The molecule has 1 aromatic heterocycles. The quantitative estimate of drug-likeness (QED) is 0.831. The van der Waals surface area contributed by atoms with Gasteiger partial charge in [-0.2, -0.15) is 0 Å². The molecule has 1 aliphatic heterocycles. The molecule has 6 nitrogen and oxygen atoms in total. The van der Waals surface area contributed by atoms with Gasteiger partial charge in [-0.05, 0) is 11.6 Å². The van der Waals surface area contributed by atoms with Crippen molar-refractivity contribution in [3.8, 4) is 0 Å². The molecule has 3 rings (SSSR count). The summed E-state index contributed by atoms with van der Waals surface area (Å²) in [6, 6.07) is 13.7. The van der Waals surface area contributed by atoms with Crippen LogP contribution in [-0.2, 0) is 27.4 Å². The van der Waals surface area contributed by atoms with E-state index in [4.69, 9.17) is 9.47 Å². The number of aromatic nitrogens is 1. The molecule has 0 radical (unpaired) electrons. The Balaban J connectivity index is 1.47. The van der Waals surface area contributed by atoms with Crippen molar-refractivity contribution in [3.63, 3.8) is 0 Å². The van der Waals surface area contributed by atoms with Gasteiger partial charge in [0, 0.05) is 31.4 Å². The van der Waals surface area contributed by atoms with Gasteiger partial charge in [0.2, 0.25) is 5.91 Å². The number of hydrogen-bond donors (Lipinski definition) is 1. The van der Waals surface area contributed by atoms with Crippen LogP contribution in [-0.4, -0.2) is 43.8 Å². The van der Waals surface area contributed by atoms with E-state index in [9.17, 15) is 4.79 Å². The van der Waals surface area contributed by atoms with E-state index in [2.05, 4.69) is 15.2 Å². The van der Waals surface area contributed by atoms with Gasteiger partial charge in [-0.15, -0.1) is 0 Å². The van der Waals surface area contributed by atoms with Crippen LogP contribution >= 0.6 is 0 Å². The molecule has 0 unspecified atom stereocenters. The predicted octanol–water partition coefficient (Wildman–Crippen LogP) is 1.75. The van der Waals surface area contributed by atoms with Crippen LogP contribution in [0.1, 0.15) is 11.1 Å². The zero-order valence-corrected chi connectivity index (χ0v) is 14.2. The number of pyridine rings is 1. The number of anilines is 1. The number of morpholine rings is 1. The minimum atomic E-state index is -0.132. The van der Waals surface area contributed by atoms with Gasteiger partial charge in [0.05, 0.1) is 19.8 Å². The second kappa shape index (κ2) is 9.15. The number of nitrogens with one attached hydrogen (secondary N) is 1. The summed E-state index contributed by atoms with van der Waals surface area (Å²) in [6.07, 6.45) is 1.78. The summed E-state index contributed by atoms with van der Waals surface area (Å²) in [6.45, 7) is 3.96. The van der Waals surface area contributed by atoms with Crippen LogP contribution < -0.4 is 10.2 Å². The number of hydrogen-bond acceptors (Lipinski definition) is 5. The third kappa shape index (κ3) is 5.27. The highest BCUT2D eigenvalue weighted by molar-refractivity contribution is 5.77. The van der Waals surface area contributed by atoms with Crippen molar-refractivity contribution in [2.45, 2.75) is 13.2 Å². The average molecular weight is 341 g/mol. The summed E-state index contributed by atoms with van der Waals surface area (Å²) >= 11 is 0. The van der Waals surface area contributed by atoms with E-state index in [1.807, 2.05) is 42.5 Å². The van der Waals surface area contributed by atoms with Crippen molar-refractivity contribution in [1.82, 2.24) is 10.3 Å². The van der Waals surface area contributed by atoms with E-state index in [-0.39, 0.29) is 12.5 Å². The third-order valence-electron chi connectivity index (χ3n) is 4.00. The summed E-state index contributed by atoms with van der Waals surface area (Å²) in [5, 5.41) is 2.90. The highest BCUT2D eigenvalue weighted by atomic mass is 16.5. The molecule has 1 aliphatic rings. The lowest BCUT2D eigenvalue weighted by molar-refractivity contribution is -0.126. The highest BCUT2D eigenvalue weighted by Gasteiger charge is 2.16. The molecule has 132 valence electrons. The van der Waals surface area contributed by atoms with Crippen LogP contribution in [0.5, 0.6) is 0 Å². The van der Waals surface area contributed by atoms with Crippen LogP contribution in [0, 0.1) is 0 Å². The fraction of sp³-hybridized carbons (Fsp3) is 0.368. The Labute approximate surface area is 147 Å². The lowest BCUT2D eigenvalue weighted by atomic mass is 10.2. The van der Waals surface area contributed by atoms with E-state index in [0.29, 0.717) is 26.4 Å². The molecule has 2 aromatic rings. The summed E-state index contributed by atoms with van der Waals surface area (Å²) < 4.78 is 10.8. The zero-order valence-electron chi connectivity index (χ0n) is 14.2. The molecule has 1 saturated heterocycles. The first-order chi connectivity index (χ1) is 12.3. The van der Waals surface area contributed by atoms with Crippen molar-refractivity contribution in [2.24, 2.45) is 0 Å². The Kier molecular flexibility index (Phi) is 6.36. The lowest BCUT2D eigenvalue weighted by Crippen LogP contribution is -2.38. The summed E-state index contributed by atoms with van der Waals surface area (Å²) in [7, 11) is 0. The van der Waals surface area contributed by atoms with Crippen LogP contribution in [0.25, 0.3) is 0 Å². The Morgan fingerprint density at radius 1 is 1.16 bits per heavy atom. The second-order valence-corrected chi connectivity index (χ2v) is 5.84. The second-order valence-electron chi connectivity index (χ2n) is 5.84. The Bertz CT molecular complexity index is 673. The van der Waals surface area contributed by atoms with Crippen molar-refractivity contribution >= 4 is 11.7 Å². The largest absolute Gasteiger partial charge is 0.378 e. The number of ether oxygens (including phenoxy) is 2. The standard InChI is InChI=1S/C19H23N3O3/c23-18(15-25-14-16-5-2-1-3-6-16)21-13-17-7-4-8-20-19(17)22-9-11-24-12-10-22/h1-8H,9-15H2,(H,21,23). The molecule has 0 saturated carbocycles. The molecule has 0 bridgehead atoms. The maximum absolute atomic E-state index is 12.0. The Hall–Kier alpha value is -2.44. The van der Waals surface area contributed by atoms with E-state index >= 15 is 0 Å². The minimum Gasteiger partial charge on any atom is -0.378 e. The Morgan fingerprint density at radius 3 is 2.76 bits per heavy atom. The first-order valence-electron chi connectivity index (χ1n) is 8.48.